The Balaban J connectivity index is 1.72. The number of hydrogen-bond acceptors (Lipinski definition) is 4. The third kappa shape index (κ3) is 3.62. The first-order valence-corrected chi connectivity index (χ1v) is 8.53. The highest BCUT2D eigenvalue weighted by Crippen LogP contribution is 2.30. The number of esters is 1. The molecule has 0 unspecified atom stereocenters. The zero-order valence-corrected chi connectivity index (χ0v) is 13.8. The molecule has 1 atom stereocenters. The second-order valence-electron chi connectivity index (χ2n) is 5.65. The standard InChI is InChI=1S/C18H19NO3S/c1-22-18(21)14(10-12-6-3-2-4-7-12)19-17(20)16-11-13-8-5-9-15(13)23-16/h2-4,6-7,11,14H,5,8-10H2,1H3,(H,19,20)/t14-/m1/s1. The quantitative estimate of drug-likeness (QED) is 0.858. The molecular formula is C18H19NO3S. The summed E-state index contributed by atoms with van der Waals surface area (Å²) >= 11 is 1.53. The summed E-state index contributed by atoms with van der Waals surface area (Å²) in [5.74, 6) is -0.623. The van der Waals surface area contributed by atoms with Gasteiger partial charge in [0.05, 0.1) is 12.0 Å². The zero-order chi connectivity index (χ0) is 16.2. The molecule has 120 valence electrons. The van der Waals surface area contributed by atoms with Crippen molar-refractivity contribution in [3.8, 4) is 0 Å². The van der Waals surface area contributed by atoms with Crippen LogP contribution in [0.4, 0.5) is 0 Å². The van der Waals surface area contributed by atoms with E-state index in [-0.39, 0.29) is 5.91 Å². The summed E-state index contributed by atoms with van der Waals surface area (Å²) < 4.78 is 4.83. The Kier molecular flexibility index (Phi) is 4.76. The fourth-order valence-corrected chi connectivity index (χ4v) is 4.01. The molecule has 5 heteroatoms. The van der Waals surface area contributed by atoms with E-state index in [1.54, 1.807) is 0 Å². The van der Waals surface area contributed by atoms with Crippen molar-refractivity contribution in [1.29, 1.82) is 0 Å². The maximum atomic E-state index is 12.5. The predicted molar refractivity (Wildman–Crippen MR) is 89.8 cm³/mol. The van der Waals surface area contributed by atoms with E-state index in [1.165, 1.54) is 35.3 Å². The van der Waals surface area contributed by atoms with E-state index in [0.29, 0.717) is 11.3 Å². The molecule has 0 aliphatic heterocycles. The molecule has 0 bridgehead atoms. The van der Waals surface area contributed by atoms with Crippen LogP contribution in [-0.4, -0.2) is 25.0 Å². The fraction of sp³-hybridized carbons (Fsp3) is 0.333. The van der Waals surface area contributed by atoms with Crippen LogP contribution in [0.5, 0.6) is 0 Å². The second kappa shape index (κ2) is 6.96. The van der Waals surface area contributed by atoms with E-state index < -0.39 is 12.0 Å². The van der Waals surface area contributed by atoms with Crippen molar-refractivity contribution < 1.29 is 14.3 Å². The van der Waals surface area contributed by atoms with E-state index in [2.05, 4.69) is 5.32 Å². The minimum atomic E-state index is -0.674. The van der Waals surface area contributed by atoms with Crippen LogP contribution in [0.1, 0.15) is 32.1 Å². The summed E-state index contributed by atoms with van der Waals surface area (Å²) in [6, 6.07) is 10.9. The summed E-state index contributed by atoms with van der Waals surface area (Å²) in [6.45, 7) is 0. The summed E-state index contributed by atoms with van der Waals surface area (Å²) in [5, 5.41) is 2.82. The third-order valence-corrected chi connectivity index (χ3v) is 5.28. The lowest BCUT2D eigenvalue weighted by atomic mass is 10.1. The van der Waals surface area contributed by atoms with Crippen LogP contribution in [0.3, 0.4) is 0 Å². The maximum Gasteiger partial charge on any atom is 0.328 e. The van der Waals surface area contributed by atoms with Crippen LogP contribution in [-0.2, 0) is 28.8 Å². The topological polar surface area (TPSA) is 55.4 Å². The molecule has 1 aromatic carbocycles. The number of rotatable bonds is 5. The smallest absolute Gasteiger partial charge is 0.328 e. The van der Waals surface area contributed by atoms with Crippen molar-refractivity contribution in [3.05, 3.63) is 57.3 Å². The summed E-state index contributed by atoms with van der Waals surface area (Å²) in [5.41, 5.74) is 2.26. The average molecular weight is 329 g/mol. The number of ether oxygens (including phenoxy) is 1. The highest BCUT2D eigenvalue weighted by Gasteiger charge is 2.25. The van der Waals surface area contributed by atoms with Gasteiger partial charge < -0.3 is 10.1 Å². The number of nitrogens with one attached hydrogen (secondary N) is 1. The fourth-order valence-electron chi connectivity index (χ4n) is 2.86. The van der Waals surface area contributed by atoms with Crippen LogP contribution in [0.25, 0.3) is 0 Å². The minimum absolute atomic E-state index is 0.198. The molecule has 2 aromatic rings. The van der Waals surface area contributed by atoms with Gasteiger partial charge in [0.2, 0.25) is 0 Å². The van der Waals surface area contributed by atoms with Crippen molar-refractivity contribution in [1.82, 2.24) is 5.32 Å². The summed E-state index contributed by atoms with van der Waals surface area (Å²) in [7, 11) is 1.34. The van der Waals surface area contributed by atoms with Crippen LogP contribution >= 0.6 is 11.3 Å². The van der Waals surface area contributed by atoms with Gasteiger partial charge in [0.1, 0.15) is 6.04 Å². The number of hydrogen-bond donors (Lipinski definition) is 1. The van der Waals surface area contributed by atoms with Crippen molar-refractivity contribution in [2.45, 2.75) is 31.7 Å². The molecule has 4 nitrogen and oxygen atoms in total. The lowest BCUT2D eigenvalue weighted by Gasteiger charge is -2.16. The van der Waals surface area contributed by atoms with E-state index in [9.17, 15) is 9.59 Å². The van der Waals surface area contributed by atoms with Crippen molar-refractivity contribution in [2.75, 3.05) is 7.11 Å². The Hall–Kier alpha value is -2.14. The van der Waals surface area contributed by atoms with Crippen molar-refractivity contribution >= 4 is 23.2 Å². The molecule has 1 aliphatic rings. The number of benzene rings is 1. The first-order chi connectivity index (χ1) is 11.2. The van der Waals surface area contributed by atoms with Gasteiger partial charge in [0.15, 0.2) is 0 Å². The maximum absolute atomic E-state index is 12.5. The van der Waals surface area contributed by atoms with Gasteiger partial charge in [-0.15, -0.1) is 11.3 Å². The van der Waals surface area contributed by atoms with Gasteiger partial charge >= 0.3 is 5.97 Å². The monoisotopic (exact) mass is 329 g/mol. The summed E-state index contributed by atoms with van der Waals surface area (Å²) in [6.07, 6.45) is 3.69. The number of methoxy groups -OCH3 is 1. The van der Waals surface area contributed by atoms with Gasteiger partial charge in [0.25, 0.3) is 5.91 Å². The number of amides is 1. The first-order valence-electron chi connectivity index (χ1n) is 7.71. The van der Waals surface area contributed by atoms with Gasteiger partial charge in [-0.25, -0.2) is 4.79 Å². The molecule has 0 spiro atoms. The third-order valence-electron chi connectivity index (χ3n) is 4.04. The molecule has 3 rings (SSSR count). The molecular weight excluding hydrogens is 310 g/mol. The Bertz CT molecular complexity index is 687. The van der Waals surface area contributed by atoms with Crippen LogP contribution in [0.2, 0.25) is 0 Å². The van der Waals surface area contributed by atoms with Crippen molar-refractivity contribution in [3.63, 3.8) is 0 Å². The second-order valence-corrected chi connectivity index (χ2v) is 6.79. The number of aryl methyl sites for hydroxylation is 2. The van der Waals surface area contributed by atoms with Crippen LogP contribution in [0, 0.1) is 0 Å². The lowest BCUT2D eigenvalue weighted by molar-refractivity contribution is -0.142. The highest BCUT2D eigenvalue weighted by molar-refractivity contribution is 7.14. The number of carbonyl (C=O) groups excluding carboxylic acids is 2. The van der Waals surface area contributed by atoms with Crippen molar-refractivity contribution in [2.24, 2.45) is 0 Å². The largest absolute Gasteiger partial charge is 0.467 e. The molecule has 0 fully saturated rings. The van der Waals surface area contributed by atoms with Crippen LogP contribution < -0.4 is 5.32 Å². The van der Waals surface area contributed by atoms with Gasteiger partial charge in [-0.2, -0.15) is 0 Å². The Morgan fingerprint density at radius 3 is 2.74 bits per heavy atom. The Morgan fingerprint density at radius 1 is 1.26 bits per heavy atom. The van der Waals surface area contributed by atoms with E-state index in [4.69, 9.17) is 4.74 Å². The van der Waals surface area contributed by atoms with Gasteiger partial charge in [-0.3, -0.25) is 4.79 Å². The van der Waals surface area contributed by atoms with E-state index in [0.717, 1.165) is 18.4 Å². The molecule has 0 radical (unpaired) electrons. The number of fused-ring (bicyclic) bond motifs is 1. The van der Waals surface area contributed by atoms with Crippen LogP contribution in [0.15, 0.2) is 36.4 Å². The average Bonchev–Trinajstić information content (AvgIpc) is 3.16. The predicted octanol–water partition coefficient (Wildman–Crippen LogP) is 2.75. The Morgan fingerprint density at radius 2 is 2.04 bits per heavy atom. The molecule has 23 heavy (non-hydrogen) atoms. The lowest BCUT2D eigenvalue weighted by Crippen LogP contribution is -2.42. The molecule has 1 amide bonds. The molecule has 0 saturated carbocycles. The van der Waals surface area contributed by atoms with Gasteiger partial charge in [-0.05, 0) is 36.5 Å². The molecule has 0 saturated heterocycles. The zero-order valence-electron chi connectivity index (χ0n) is 13.0. The first kappa shape index (κ1) is 15.7. The molecule has 1 N–H and O–H groups in total. The molecule has 1 heterocycles. The highest BCUT2D eigenvalue weighted by atomic mass is 32.1. The van der Waals surface area contributed by atoms with E-state index >= 15 is 0 Å². The SMILES string of the molecule is COC(=O)[C@@H](Cc1ccccc1)NC(=O)c1cc2c(s1)CCC2. The number of carbonyl (C=O) groups is 2. The minimum Gasteiger partial charge on any atom is -0.467 e. The van der Waals surface area contributed by atoms with E-state index in [1.807, 2.05) is 36.4 Å². The number of thiophene rings is 1. The molecule has 1 aromatic heterocycles. The van der Waals surface area contributed by atoms with Gasteiger partial charge in [0, 0.05) is 11.3 Å². The normalized spacial score (nSPS) is 14.1. The Labute approximate surface area is 139 Å². The summed E-state index contributed by atoms with van der Waals surface area (Å²) in [4.78, 5) is 26.4. The van der Waals surface area contributed by atoms with Gasteiger partial charge in [-0.1, -0.05) is 30.3 Å². The molecule has 1 aliphatic carbocycles.